The Balaban J connectivity index is 1.67. The molecule has 1 saturated heterocycles. The van der Waals surface area contributed by atoms with Crippen LogP contribution in [0.2, 0.25) is 0 Å². The van der Waals surface area contributed by atoms with E-state index in [1.54, 1.807) is 16.6 Å². The van der Waals surface area contributed by atoms with Crippen molar-refractivity contribution in [2.24, 2.45) is 0 Å². The molecule has 2 atom stereocenters. The van der Waals surface area contributed by atoms with Crippen molar-refractivity contribution in [3.63, 3.8) is 0 Å². The topological polar surface area (TPSA) is 114 Å². The summed E-state index contributed by atoms with van der Waals surface area (Å²) in [4.78, 5) is 44.0. The molecular formula is C17H18N4O5S. The SMILES string of the molecule is C[C@@H]1CCO[C@H]2Cn3cc(C(=O)NCc4cncs4)c(=O)c(O)c3C(=O)N12. The molecule has 2 aromatic heterocycles. The minimum atomic E-state index is -0.861. The number of hydrogen-bond acceptors (Lipinski definition) is 7. The van der Waals surface area contributed by atoms with E-state index in [2.05, 4.69) is 10.3 Å². The van der Waals surface area contributed by atoms with Crippen molar-refractivity contribution in [1.29, 1.82) is 0 Å². The maximum Gasteiger partial charge on any atom is 0.276 e. The molecule has 0 bridgehead atoms. The van der Waals surface area contributed by atoms with Crippen LogP contribution in [0.1, 0.15) is 39.1 Å². The smallest absolute Gasteiger partial charge is 0.276 e. The number of fused-ring (bicyclic) bond motifs is 2. The molecule has 2 amide bonds. The third-order valence-electron chi connectivity index (χ3n) is 4.83. The van der Waals surface area contributed by atoms with Crippen molar-refractivity contribution in [2.75, 3.05) is 6.61 Å². The van der Waals surface area contributed by atoms with Gasteiger partial charge in [-0.05, 0) is 13.3 Å². The highest BCUT2D eigenvalue weighted by Gasteiger charge is 2.40. The number of hydrogen-bond donors (Lipinski definition) is 2. The van der Waals surface area contributed by atoms with Crippen LogP contribution in [0.3, 0.4) is 0 Å². The Morgan fingerprint density at radius 3 is 3.04 bits per heavy atom. The van der Waals surface area contributed by atoms with Crippen LogP contribution in [0.25, 0.3) is 0 Å². The Morgan fingerprint density at radius 1 is 1.48 bits per heavy atom. The molecule has 0 saturated carbocycles. The van der Waals surface area contributed by atoms with E-state index >= 15 is 0 Å². The average Bonchev–Trinajstić information content (AvgIpc) is 3.16. The third kappa shape index (κ3) is 3.00. The van der Waals surface area contributed by atoms with Crippen LogP contribution in [-0.2, 0) is 17.8 Å². The highest BCUT2D eigenvalue weighted by molar-refractivity contribution is 7.09. The van der Waals surface area contributed by atoms with E-state index < -0.39 is 29.2 Å². The van der Waals surface area contributed by atoms with E-state index in [1.165, 1.54) is 22.1 Å². The molecule has 0 aromatic carbocycles. The Hall–Kier alpha value is -2.72. The summed E-state index contributed by atoms with van der Waals surface area (Å²) < 4.78 is 7.10. The van der Waals surface area contributed by atoms with Crippen molar-refractivity contribution < 1.29 is 19.4 Å². The average molecular weight is 390 g/mol. The lowest BCUT2D eigenvalue weighted by atomic mass is 10.1. The Labute approximate surface area is 158 Å². The summed E-state index contributed by atoms with van der Waals surface area (Å²) in [5.74, 6) is -1.79. The second kappa shape index (κ2) is 6.78. The largest absolute Gasteiger partial charge is 0.503 e. The first-order valence-electron chi connectivity index (χ1n) is 8.53. The summed E-state index contributed by atoms with van der Waals surface area (Å²) in [5, 5.41) is 13.0. The highest BCUT2D eigenvalue weighted by atomic mass is 32.1. The zero-order chi connectivity index (χ0) is 19.1. The second-order valence-electron chi connectivity index (χ2n) is 6.55. The number of thiazole rings is 1. The highest BCUT2D eigenvalue weighted by Crippen LogP contribution is 2.29. The Kier molecular flexibility index (Phi) is 4.44. The van der Waals surface area contributed by atoms with Crippen LogP contribution in [0, 0.1) is 0 Å². The molecule has 142 valence electrons. The fourth-order valence-corrected chi connectivity index (χ4v) is 3.95. The Bertz CT molecular complexity index is 955. The molecule has 2 N–H and O–H groups in total. The van der Waals surface area contributed by atoms with Gasteiger partial charge in [-0.2, -0.15) is 0 Å². The Morgan fingerprint density at radius 2 is 2.30 bits per heavy atom. The number of carbonyl (C=O) groups is 2. The van der Waals surface area contributed by atoms with E-state index in [9.17, 15) is 19.5 Å². The number of ether oxygens (including phenoxy) is 1. The molecule has 1 fully saturated rings. The summed E-state index contributed by atoms with van der Waals surface area (Å²) in [6, 6.07) is -0.0538. The minimum absolute atomic E-state index is 0.0538. The molecule has 0 aliphatic carbocycles. The minimum Gasteiger partial charge on any atom is -0.503 e. The standard InChI is InChI=1S/C17H18N4O5S/c1-9-2-3-26-12-7-20-6-11(16(24)19-5-10-4-18-8-27-10)14(22)15(23)13(20)17(25)21(9)12/h4,6,8-9,12,23H,2-3,5,7H2,1H3,(H,19,24)/t9-,12+/m1/s1. The predicted molar refractivity (Wildman–Crippen MR) is 95.6 cm³/mol. The van der Waals surface area contributed by atoms with Gasteiger partial charge in [0.25, 0.3) is 11.8 Å². The van der Waals surface area contributed by atoms with Crippen molar-refractivity contribution in [1.82, 2.24) is 19.8 Å². The molecular weight excluding hydrogens is 372 g/mol. The monoisotopic (exact) mass is 390 g/mol. The normalized spacial score (nSPS) is 21.5. The summed E-state index contributed by atoms with van der Waals surface area (Å²) in [6.07, 6.45) is 3.14. The fraction of sp³-hybridized carbons (Fsp3) is 0.412. The summed E-state index contributed by atoms with van der Waals surface area (Å²) in [7, 11) is 0. The van der Waals surface area contributed by atoms with Crippen LogP contribution in [-0.4, -0.2) is 50.2 Å². The van der Waals surface area contributed by atoms with Gasteiger partial charge in [0.15, 0.2) is 17.7 Å². The lowest BCUT2D eigenvalue weighted by Crippen LogP contribution is -2.57. The second-order valence-corrected chi connectivity index (χ2v) is 7.52. The van der Waals surface area contributed by atoms with Crippen LogP contribution in [0.4, 0.5) is 0 Å². The van der Waals surface area contributed by atoms with E-state index in [0.717, 1.165) is 4.88 Å². The number of amides is 2. The number of nitrogens with zero attached hydrogens (tertiary/aromatic N) is 3. The van der Waals surface area contributed by atoms with Gasteiger partial charge in [0.05, 0.1) is 25.2 Å². The molecule has 9 nitrogen and oxygen atoms in total. The van der Waals surface area contributed by atoms with Crippen LogP contribution < -0.4 is 10.7 Å². The van der Waals surface area contributed by atoms with Gasteiger partial charge in [-0.25, -0.2) is 0 Å². The van der Waals surface area contributed by atoms with E-state index in [4.69, 9.17) is 4.74 Å². The molecule has 2 aromatic rings. The van der Waals surface area contributed by atoms with Crippen LogP contribution in [0.5, 0.6) is 5.75 Å². The van der Waals surface area contributed by atoms with Crippen molar-refractivity contribution in [3.8, 4) is 5.75 Å². The summed E-state index contributed by atoms with van der Waals surface area (Å²) in [6.45, 7) is 2.90. The van der Waals surface area contributed by atoms with Gasteiger partial charge < -0.3 is 24.6 Å². The fourth-order valence-electron chi connectivity index (χ4n) is 3.41. The molecule has 27 heavy (non-hydrogen) atoms. The molecule has 4 heterocycles. The van der Waals surface area contributed by atoms with Gasteiger partial charge >= 0.3 is 0 Å². The summed E-state index contributed by atoms with van der Waals surface area (Å²) >= 11 is 1.38. The number of aromatic hydroxyl groups is 1. The molecule has 10 heteroatoms. The lowest BCUT2D eigenvalue weighted by Gasteiger charge is -2.44. The molecule has 0 radical (unpaired) electrons. The number of rotatable bonds is 3. The molecule has 0 unspecified atom stereocenters. The molecule has 2 aliphatic heterocycles. The quantitative estimate of drug-likeness (QED) is 0.790. The molecule has 4 rings (SSSR count). The van der Waals surface area contributed by atoms with E-state index in [-0.39, 0.29) is 30.4 Å². The van der Waals surface area contributed by atoms with Gasteiger partial charge in [0.2, 0.25) is 5.43 Å². The predicted octanol–water partition coefficient (Wildman–Crippen LogP) is 0.531. The van der Waals surface area contributed by atoms with Gasteiger partial charge in [0, 0.05) is 23.3 Å². The molecule has 2 aliphatic rings. The van der Waals surface area contributed by atoms with E-state index in [0.29, 0.717) is 13.0 Å². The first-order chi connectivity index (χ1) is 13.0. The van der Waals surface area contributed by atoms with Crippen molar-refractivity contribution in [2.45, 2.75) is 38.7 Å². The van der Waals surface area contributed by atoms with Crippen LogP contribution in [0.15, 0.2) is 22.7 Å². The lowest BCUT2D eigenvalue weighted by molar-refractivity contribution is -0.112. The number of pyridine rings is 1. The van der Waals surface area contributed by atoms with Crippen molar-refractivity contribution in [3.05, 3.63) is 44.3 Å². The van der Waals surface area contributed by atoms with Gasteiger partial charge in [-0.3, -0.25) is 19.4 Å². The number of nitrogens with one attached hydrogen (secondary N) is 1. The van der Waals surface area contributed by atoms with Crippen LogP contribution >= 0.6 is 11.3 Å². The number of carbonyl (C=O) groups excluding carboxylic acids is 2. The van der Waals surface area contributed by atoms with Gasteiger partial charge in [-0.15, -0.1) is 11.3 Å². The zero-order valence-corrected chi connectivity index (χ0v) is 15.4. The first kappa shape index (κ1) is 17.7. The molecule has 0 spiro atoms. The van der Waals surface area contributed by atoms with Gasteiger partial charge in [0.1, 0.15) is 5.56 Å². The van der Waals surface area contributed by atoms with Crippen molar-refractivity contribution >= 4 is 23.2 Å². The van der Waals surface area contributed by atoms with E-state index in [1.807, 2.05) is 6.92 Å². The zero-order valence-electron chi connectivity index (χ0n) is 14.5. The maximum absolute atomic E-state index is 12.8. The summed E-state index contributed by atoms with van der Waals surface area (Å²) in [5.41, 5.74) is 0.461. The first-order valence-corrected chi connectivity index (χ1v) is 9.41. The number of aromatic nitrogens is 2. The maximum atomic E-state index is 12.8. The van der Waals surface area contributed by atoms with Gasteiger partial charge in [-0.1, -0.05) is 0 Å². The third-order valence-corrected chi connectivity index (χ3v) is 5.61.